The van der Waals surface area contributed by atoms with Gasteiger partial charge in [-0.15, -0.1) is 0 Å². The summed E-state index contributed by atoms with van der Waals surface area (Å²) in [5.41, 5.74) is 3.56. The fourth-order valence-corrected chi connectivity index (χ4v) is 6.25. The van der Waals surface area contributed by atoms with Crippen LogP contribution >= 0.6 is 15.9 Å². The zero-order chi connectivity index (χ0) is 17.0. The Morgan fingerprint density at radius 3 is 2.61 bits per heavy atom. The molecule has 2 aliphatic carbocycles. The summed E-state index contributed by atoms with van der Waals surface area (Å²) in [5, 5.41) is 9.86. The predicted octanol–water partition coefficient (Wildman–Crippen LogP) is 5.67. The molecule has 0 heterocycles. The highest BCUT2D eigenvalue weighted by Crippen LogP contribution is 2.58. The standard InChI is InChI=1S/C20H27BrO2/c1-12(2)13-6-8-15-14(17(13)21)7-9-16-19(15,3)10-5-11-20(16,4)18(22)23/h6,8,12,16H,5,7,9-11H2,1-4H3,(H,22,23)/t16-,19-,20-/m1/s1. The monoisotopic (exact) mass is 378 g/mol. The van der Waals surface area contributed by atoms with Gasteiger partial charge in [-0.25, -0.2) is 0 Å². The van der Waals surface area contributed by atoms with Gasteiger partial charge in [-0.1, -0.05) is 55.3 Å². The van der Waals surface area contributed by atoms with Crippen molar-refractivity contribution in [3.8, 4) is 0 Å². The van der Waals surface area contributed by atoms with E-state index < -0.39 is 11.4 Å². The molecule has 1 aromatic carbocycles. The number of halogens is 1. The molecule has 0 unspecified atom stereocenters. The molecule has 3 rings (SSSR count). The quantitative estimate of drug-likeness (QED) is 0.719. The molecule has 126 valence electrons. The van der Waals surface area contributed by atoms with Crippen LogP contribution in [0, 0.1) is 11.3 Å². The number of aliphatic carboxylic acids is 1. The van der Waals surface area contributed by atoms with Crippen LogP contribution in [0.25, 0.3) is 0 Å². The molecular weight excluding hydrogens is 352 g/mol. The Kier molecular flexibility index (Phi) is 4.15. The average Bonchev–Trinajstić information content (AvgIpc) is 2.47. The van der Waals surface area contributed by atoms with Gasteiger partial charge in [0.1, 0.15) is 0 Å². The van der Waals surface area contributed by atoms with Gasteiger partial charge in [-0.3, -0.25) is 4.79 Å². The normalized spacial score (nSPS) is 33.2. The second-order valence-corrected chi connectivity index (χ2v) is 9.03. The largest absolute Gasteiger partial charge is 0.481 e. The molecule has 2 aliphatic rings. The molecule has 3 atom stereocenters. The molecule has 0 aromatic heterocycles. The molecule has 2 nitrogen and oxygen atoms in total. The first-order valence-electron chi connectivity index (χ1n) is 8.77. The Balaban J connectivity index is 2.14. The van der Waals surface area contributed by atoms with Crippen molar-refractivity contribution < 1.29 is 9.90 Å². The molecule has 0 bridgehead atoms. The highest BCUT2D eigenvalue weighted by Gasteiger charge is 2.55. The van der Waals surface area contributed by atoms with Crippen LogP contribution in [0.15, 0.2) is 16.6 Å². The number of rotatable bonds is 2. The summed E-state index contributed by atoms with van der Waals surface area (Å²) < 4.78 is 1.26. The third-order valence-electron chi connectivity index (χ3n) is 6.61. The van der Waals surface area contributed by atoms with Crippen molar-refractivity contribution in [3.05, 3.63) is 33.3 Å². The van der Waals surface area contributed by atoms with Crippen LogP contribution in [0.4, 0.5) is 0 Å². The number of hydrogen-bond acceptors (Lipinski definition) is 1. The molecule has 0 spiro atoms. The predicted molar refractivity (Wildman–Crippen MR) is 97.0 cm³/mol. The molecule has 0 saturated heterocycles. The van der Waals surface area contributed by atoms with Gasteiger partial charge in [0.2, 0.25) is 0 Å². The zero-order valence-electron chi connectivity index (χ0n) is 14.6. The third-order valence-corrected chi connectivity index (χ3v) is 7.55. The lowest BCUT2D eigenvalue weighted by molar-refractivity contribution is -0.157. The Morgan fingerprint density at radius 2 is 2.00 bits per heavy atom. The molecule has 0 amide bonds. The lowest BCUT2D eigenvalue weighted by Crippen LogP contribution is -2.52. The van der Waals surface area contributed by atoms with Gasteiger partial charge in [-0.2, -0.15) is 0 Å². The maximum atomic E-state index is 12.0. The number of carbonyl (C=O) groups is 1. The summed E-state index contributed by atoms with van der Waals surface area (Å²) in [6, 6.07) is 4.53. The van der Waals surface area contributed by atoms with E-state index in [0.29, 0.717) is 5.92 Å². The van der Waals surface area contributed by atoms with E-state index in [1.165, 1.54) is 21.2 Å². The lowest BCUT2D eigenvalue weighted by Gasteiger charge is -2.53. The van der Waals surface area contributed by atoms with Crippen LogP contribution in [0.2, 0.25) is 0 Å². The van der Waals surface area contributed by atoms with E-state index in [9.17, 15) is 9.90 Å². The maximum absolute atomic E-state index is 12.0. The summed E-state index contributed by atoms with van der Waals surface area (Å²) in [7, 11) is 0. The van der Waals surface area contributed by atoms with Gasteiger partial charge >= 0.3 is 5.97 Å². The number of carboxylic acids is 1. The van der Waals surface area contributed by atoms with Crippen LogP contribution in [0.3, 0.4) is 0 Å². The second kappa shape index (κ2) is 5.61. The van der Waals surface area contributed by atoms with Gasteiger partial charge in [-0.05, 0) is 66.5 Å². The van der Waals surface area contributed by atoms with Crippen molar-refractivity contribution >= 4 is 21.9 Å². The van der Waals surface area contributed by atoms with Gasteiger partial charge in [0, 0.05) is 4.47 Å². The molecule has 3 heteroatoms. The van der Waals surface area contributed by atoms with Gasteiger partial charge in [0.05, 0.1) is 5.41 Å². The number of hydrogen-bond donors (Lipinski definition) is 1. The van der Waals surface area contributed by atoms with E-state index in [1.54, 1.807) is 0 Å². The molecule has 0 radical (unpaired) electrons. The minimum atomic E-state index is -0.616. The van der Waals surface area contributed by atoms with Crippen molar-refractivity contribution in [3.63, 3.8) is 0 Å². The maximum Gasteiger partial charge on any atom is 0.309 e. The minimum absolute atomic E-state index is 0.0169. The fourth-order valence-electron chi connectivity index (χ4n) is 5.24. The Hall–Kier alpha value is -0.830. The van der Waals surface area contributed by atoms with E-state index in [4.69, 9.17) is 0 Å². The van der Waals surface area contributed by atoms with Crippen molar-refractivity contribution in [1.29, 1.82) is 0 Å². The van der Waals surface area contributed by atoms with Crippen LogP contribution in [-0.4, -0.2) is 11.1 Å². The Labute approximate surface area is 147 Å². The van der Waals surface area contributed by atoms with E-state index in [2.05, 4.69) is 48.8 Å². The van der Waals surface area contributed by atoms with E-state index in [0.717, 1.165) is 32.1 Å². The Morgan fingerprint density at radius 1 is 1.30 bits per heavy atom. The van der Waals surface area contributed by atoms with E-state index >= 15 is 0 Å². The van der Waals surface area contributed by atoms with Crippen LogP contribution in [0.1, 0.15) is 76.0 Å². The Bertz CT molecular complexity index is 651. The number of fused-ring (bicyclic) bond motifs is 3. The summed E-state index contributed by atoms with van der Waals surface area (Å²) in [4.78, 5) is 12.0. The van der Waals surface area contributed by atoms with Crippen molar-refractivity contribution in [2.24, 2.45) is 11.3 Å². The summed E-state index contributed by atoms with van der Waals surface area (Å²) in [6.45, 7) is 8.72. The molecule has 1 fully saturated rings. The minimum Gasteiger partial charge on any atom is -0.481 e. The molecule has 1 N–H and O–H groups in total. The first-order chi connectivity index (χ1) is 10.7. The number of benzene rings is 1. The van der Waals surface area contributed by atoms with Crippen molar-refractivity contribution in [2.75, 3.05) is 0 Å². The van der Waals surface area contributed by atoms with Crippen LogP contribution in [0.5, 0.6) is 0 Å². The summed E-state index contributed by atoms with van der Waals surface area (Å²) in [6.07, 6.45) is 4.87. The summed E-state index contributed by atoms with van der Waals surface area (Å²) >= 11 is 3.85. The van der Waals surface area contributed by atoms with E-state index in [-0.39, 0.29) is 11.3 Å². The SMILES string of the molecule is CC(C)c1ccc2c(c1Br)CC[C@H]1[C@](C)(C(=O)O)CCC[C@]21C. The molecule has 1 aromatic rings. The van der Waals surface area contributed by atoms with Gasteiger partial charge in [0.25, 0.3) is 0 Å². The molecule has 1 saturated carbocycles. The molecular formula is C20H27BrO2. The zero-order valence-corrected chi connectivity index (χ0v) is 16.2. The van der Waals surface area contributed by atoms with Crippen molar-refractivity contribution in [2.45, 2.75) is 71.1 Å². The molecule has 23 heavy (non-hydrogen) atoms. The van der Waals surface area contributed by atoms with Crippen molar-refractivity contribution in [1.82, 2.24) is 0 Å². The van der Waals surface area contributed by atoms with Gasteiger partial charge in [0.15, 0.2) is 0 Å². The van der Waals surface area contributed by atoms with Crippen LogP contribution in [-0.2, 0) is 16.6 Å². The number of carboxylic acid groups (broad SMARTS) is 1. The highest BCUT2D eigenvalue weighted by molar-refractivity contribution is 9.10. The van der Waals surface area contributed by atoms with Gasteiger partial charge < -0.3 is 5.11 Å². The molecule has 0 aliphatic heterocycles. The lowest BCUT2D eigenvalue weighted by atomic mass is 9.50. The first kappa shape index (κ1) is 17.0. The smallest absolute Gasteiger partial charge is 0.309 e. The topological polar surface area (TPSA) is 37.3 Å². The fraction of sp³-hybridized carbons (Fsp3) is 0.650. The summed E-state index contributed by atoms with van der Waals surface area (Å²) in [5.74, 6) is 0.108. The van der Waals surface area contributed by atoms with Crippen LogP contribution < -0.4 is 0 Å². The highest BCUT2D eigenvalue weighted by atomic mass is 79.9. The first-order valence-corrected chi connectivity index (χ1v) is 9.56. The second-order valence-electron chi connectivity index (χ2n) is 8.23. The van der Waals surface area contributed by atoms with E-state index in [1.807, 2.05) is 6.92 Å². The third kappa shape index (κ3) is 2.38. The average molecular weight is 379 g/mol.